The van der Waals surface area contributed by atoms with Gasteiger partial charge in [-0.3, -0.25) is 0 Å². The molecule has 0 fully saturated rings. The second kappa shape index (κ2) is 5.75. The minimum absolute atomic E-state index is 0.128. The summed E-state index contributed by atoms with van der Waals surface area (Å²) >= 11 is 0. The first-order valence-corrected chi connectivity index (χ1v) is 7.80. The van der Waals surface area contributed by atoms with Crippen molar-refractivity contribution in [2.45, 2.75) is 10.5 Å². The monoisotopic (exact) mass is 292 g/mol. The lowest BCUT2D eigenvalue weighted by Gasteiger charge is -2.26. The second-order valence-corrected chi connectivity index (χ2v) is 6.62. The maximum absolute atomic E-state index is 12.3. The molecule has 2 N–H and O–H groups in total. The predicted octanol–water partition coefficient (Wildman–Crippen LogP) is 1.34. The smallest absolute Gasteiger partial charge is 0.181 e. The maximum Gasteiger partial charge on any atom is 0.181 e. The van der Waals surface area contributed by atoms with Crippen LogP contribution >= 0.6 is 0 Å². The molecule has 0 aromatic heterocycles. The number of sulfone groups is 1. The quantitative estimate of drug-likeness (QED) is 0.872. The highest BCUT2D eigenvalue weighted by molar-refractivity contribution is 7.91. The molecule has 0 saturated carbocycles. The molecule has 1 atom stereocenters. The van der Waals surface area contributed by atoms with Gasteiger partial charge in [-0.15, -0.1) is 0 Å². The molecule has 2 aromatic rings. The summed E-state index contributed by atoms with van der Waals surface area (Å²) in [5.74, 6) is -0.565. The first kappa shape index (κ1) is 14.7. The number of aliphatic hydroxyl groups excluding tert-OH is 1. The summed E-state index contributed by atoms with van der Waals surface area (Å²) in [6, 6.07) is 16.2. The van der Waals surface area contributed by atoms with Crippen molar-refractivity contribution in [1.82, 2.24) is 0 Å². The molecule has 2 aromatic carbocycles. The Labute approximate surface area is 118 Å². The van der Waals surface area contributed by atoms with Gasteiger partial charge in [0, 0.05) is 0 Å². The highest BCUT2D eigenvalue weighted by Crippen LogP contribution is 2.25. The molecule has 0 amide bonds. The number of benzene rings is 2. The molecule has 0 aliphatic rings. The van der Waals surface area contributed by atoms with Crippen molar-refractivity contribution < 1.29 is 18.6 Å². The first-order valence-electron chi connectivity index (χ1n) is 6.14. The van der Waals surface area contributed by atoms with E-state index < -0.39 is 27.8 Å². The second-order valence-electron chi connectivity index (χ2n) is 4.63. The van der Waals surface area contributed by atoms with Gasteiger partial charge in [0.15, 0.2) is 9.84 Å². The third-order valence-corrected chi connectivity index (χ3v) is 4.95. The average Bonchev–Trinajstić information content (AvgIpc) is 2.48. The van der Waals surface area contributed by atoms with Gasteiger partial charge in [-0.1, -0.05) is 48.5 Å². The molecule has 0 heterocycles. The van der Waals surface area contributed by atoms with Crippen LogP contribution in [0, 0.1) is 0 Å². The summed E-state index contributed by atoms with van der Waals surface area (Å²) in [5, 5.41) is 19.9. The zero-order valence-corrected chi connectivity index (χ0v) is 11.6. The van der Waals surface area contributed by atoms with E-state index in [9.17, 15) is 18.6 Å². The maximum atomic E-state index is 12.3. The Balaban J connectivity index is 2.36. The van der Waals surface area contributed by atoms with Gasteiger partial charge in [-0.05, 0) is 17.7 Å². The van der Waals surface area contributed by atoms with E-state index >= 15 is 0 Å². The topological polar surface area (TPSA) is 74.6 Å². The van der Waals surface area contributed by atoms with E-state index in [-0.39, 0.29) is 4.90 Å². The molecule has 0 spiro atoms. The SMILES string of the molecule is O=S(=O)(CC(O)(CO)c1ccccc1)c1ccccc1. The summed E-state index contributed by atoms with van der Waals surface area (Å²) in [5.41, 5.74) is -1.43. The highest BCUT2D eigenvalue weighted by atomic mass is 32.2. The summed E-state index contributed by atoms with van der Waals surface area (Å²) in [6.45, 7) is -0.664. The Morgan fingerprint density at radius 1 is 0.900 bits per heavy atom. The van der Waals surface area contributed by atoms with Crippen LogP contribution in [0.5, 0.6) is 0 Å². The van der Waals surface area contributed by atoms with Gasteiger partial charge in [0.25, 0.3) is 0 Å². The normalized spacial score (nSPS) is 14.7. The van der Waals surface area contributed by atoms with Gasteiger partial charge < -0.3 is 10.2 Å². The predicted molar refractivity (Wildman–Crippen MR) is 75.9 cm³/mol. The largest absolute Gasteiger partial charge is 0.393 e. The van der Waals surface area contributed by atoms with Crippen LogP contribution in [0.25, 0.3) is 0 Å². The van der Waals surface area contributed by atoms with Gasteiger partial charge in [0.1, 0.15) is 5.60 Å². The van der Waals surface area contributed by atoms with E-state index in [0.29, 0.717) is 5.56 Å². The van der Waals surface area contributed by atoms with Crippen molar-refractivity contribution in [3.8, 4) is 0 Å². The summed E-state index contributed by atoms with van der Waals surface area (Å²) < 4.78 is 24.6. The third-order valence-electron chi connectivity index (χ3n) is 3.10. The molecule has 20 heavy (non-hydrogen) atoms. The van der Waals surface area contributed by atoms with Crippen molar-refractivity contribution in [1.29, 1.82) is 0 Å². The van der Waals surface area contributed by atoms with Gasteiger partial charge in [-0.2, -0.15) is 0 Å². The van der Waals surface area contributed by atoms with Gasteiger partial charge in [0.2, 0.25) is 0 Å². The van der Waals surface area contributed by atoms with E-state index in [1.54, 1.807) is 48.5 Å². The van der Waals surface area contributed by atoms with Gasteiger partial charge in [0.05, 0.1) is 17.3 Å². The van der Waals surface area contributed by atoms with Crippen LogP contribution in [0.1, 0.15) is 5.56 Å². The molecule has 106 valence electrons. The zero-order valence-electron chi connectivity index (χ0n) is 10.8. The molecule has 0 saturated heterocycles. The number of rotatable bonds is 5. The minimum Gasteiger partial charge on any atom is -0.393 e. The van der Waals surface area contributed by atoms with E-state index in [4.69, 9.17) is 0 Å². The molecule has 1 unspecified atom stereocenters. The number of hydrogen-bond acceptors (Lipinski definition) is 4. The fourth-order valence-electron chi connectivity index (χ4n) is 1.99. The van der Waals surface area contributed by atoms with Crippen LogP contribution in [-0.4, -0.2) is 31.0 Å². The first-order chi connectivity index (χ1) is 9.48. The van der Waals surface area contributed by atoms with E-state index in [2.05, 4.69) is 0 Å². The Morgan fingerprint density at radius 3 is 1.90 bits per heavy atom. The van der Waals surface area contributed by atoms with E-state index in [1.807, 2.05) is 0 Å². The van der Waals surface area contributed by atoms with Crippen molar-refractivity contribution in [2.24, 2.45) is 0 Å². The Bertz CT molecular complexity index is 653. The van der Waals surface area contributed by atoms with Crippen LogP contribution in [0.4, 0.5) is 0 Å². The van der Waals surface area contributed by atoms with Crippen molar-refractivity contribution in [3.63, 3.8) is 0 Å². The average molecular weight is 292 g/mol. The summed E-state index contributed by atoms with van der Waals surface area (Å²) in [6.07, 6.45) is 0. The summed E-state index contributed by atoms with van der Waals surface area (Å²) in [4.78, 5) is 0.128. The van der Waals surface area contributed by atoms with Crippen LogP contribution in [0.15, 0.2) is 65.6 Å². The Hall–Kier alpha value is -1.69. The fourth-order valence-corrected chi connectivity index (χ4v) is 3.62. The Kier molecular flexibility index (Phi) is 4.23. The standard InChI is InChI=1S/C15H16O4S/c16-11-15(17,13-7-3-1-4-8-13)12-20(18,19)14-9-5-2-6-10-14/h1-10,16-17H,11-12H2. The lowest BCUT2D eigenvalue weighted by molar-refractivity contribution is 0.000727. The molecule has 5 heteroatoms. The lowest BCUT2D eigenvalue weighted by atomic mass is 9.97. The van der Waals surface area contributed by atoms with Crippen LogP contribution in [0.3, 0.4) is 0 Å². The molecule has 0 radical (unpaired) electrons. The zero-order chi connectivity index (χ0) is 14.6. The third kappa shape index (κ3) is 3.07. The molecule has 0 aliphatic carbocycles. The van der Waals surface area contributed by atoms with Gasteiger partial charge >= 0.3 is 0 Å². The molecular formula is C15H16O4S. The molecular weight excluding hydrogens is 276 g/mol. The number of aliphatic hydroxyl groups is 2. The molecule has 0 aliphatic heterocycles. The fraction of sp³-hybridized carbons (Fsp3) is 0.200. The molecule has 4 nitrogen and oxygen atoms in total. The summed E-state index contributed by atoms with van der Waals surface area (Å²) in [7, 11) is -3.69. The van der Waals surface area contributed by atoms with Crippen molar-refractivity contribution in [2.75, 3.05) is 12.4 Å². The minimum atomic E-state index is -3.69. The lowest BCUT2D eigenvalue weighted by Crippen LogP contribution is -2.38. The van der Waals surface area contributed by atoms with Crippen molar-refractivity contribution in [3.05, 3.63) is 66.2 Å². The number of hydrogen-bond donors (Lipinski definition) is 2. The molecule has 2 rings (SSSR count). The Morgan fingerprint density at radius 2 is 1.40 bits per heavy atom. The van der Waals surface area contributed by atoms with Crippen LogP contribution in [-0.2, 0) is 15.4 Å². The van der Waals surface area contributed by atoms with E-state index in [1.165, 1.54) is 12.1 Å². The van der Waals surface area contributed by atoms with Crippen LogP contribution < -0.4 is 0 Å². The van der Waals surface area contributed by atoms with E-state index in [0.717, 1.165) is 0 Å². The van der Waals surface area contributed by atoms with Crippen LogP contribution in [0.2, 0.25) is 0 Å². The van der Waals surface area contributed by atoms with Crippen molar-refractivity contribution >= 4 is 9.84 Å². The molecule has 0 bridgehead atoms. The highest BCUT2D eigenvalue weighted by Gasteiger charge is 2.35. The van der Waals surface area contributed by atoms with Gasteiger partial charge in [-0.25, -0.2) is 8.42 Å².